The molecule has 0 aliphatic carbocycles. The predicted octanol–water partition coefficient (Wildman–Crippen LogP) is 3.46. The molecule has 0 aliphatic heterocycles. The maximum absolute atomic E-state index is 13.1. The minimum absolute atomic E-state index is 0.224. The first-order valence-corrected chi connectivity index (χ1v) is 8.88. The minimum atomic E-state index is -0.374. The fourth-order valence-electron chi connectivity index (χ4n) is 2.95. The maximum atomic E-state index is 13.1. The third-order valence-corrected chi connectivity index (χ3v) is 4.42. The van der Waals surface area contributed by atoms with Crippen molar-refractivity contribution in [3.8, 4) is 0 Å². The number of benzene rings is 2. The highest BCUT2D eigenvalue weighted by atomic mass is 19.1. The largest absolute Gasteiger partial charge is 0.382 e. The van der Waals surface area contributed by atoms with Crippen molar-refractivity contribution in [2.45, 2.75) is 19.9 Å². The van der Waals surface area contributed by atoms with Crippen LogP contribution >= 0.6 is 0 Å². The molecule has 142 valence electrons. The summed E-state index contributed by atoms with van der Waals surface area (Å²) < 4.78 is 20.4. The summed E-state index contributed by atoms with van der Waals surface area (Å²) in [6.45, 7) is 4.04. The molecule has 0 saturated heterocycles. The Morgan fingerprint density at radius 3 is 2.70 bits per heavy atom. The van der Waals surface area contributed by atoms with Crippen molar-refractivity contribution in [2.24, 2.45) is 0 Å². The molecular weight excluding hydrogens is 347 g/mol. The number of aryl methyl sites for hydroxylation is 1. The van der Waals surface area contributed by atoms with E-state index in [9.17, 15) is 9.18 Å². The van der Waals surface area contributed by atoms with E-state index in [0.717, 1.165) is 17.5 Å². The normalized spacial score (nSPS) is 11.1. The Balaban J connectivity index is 1.81. The van der Waals surface area contributed by atoms with Gasteiger partial charge >= 0.3 is 0 Å². The molecule has 0 unspecified atom stereocenters. The van der Waals surface area contributed by atoms with E-state index in [0.29, 0.717) is 37.0 Å². The van der Waals surface area contributed by atoms with Gasteiger partial charge in [-0.25, -0.2) is 9.37 Å². The molecule has 7 heteroatoms. The Bertz CT molecular complexity index is 937. The average Bonchev–Trinajstić information content (AvgIpc) is 2.99. The number of rotatable bonds is 7. The molecule has 3 rings (SSSR count). The number of hydrogen-bond donors (Lipinski definition) is 1. The third-order valence-electron chi connectivity index (χ3n) is 4.42. The SMILES string of the molecule is CCOCCCn1c(N)nc2cc(N(C)C(=O)c3ccc(F)cc3)ccc21. The van der Waals surface area contributed by atoms with Crippen molar-refractivity contribution in [1.29, 1.82) is 0 Å². The van der Waals surface area contributed by atoms with E-state index in [1.807, 2.05) is 29.7 Å². The number of amides is 1. The number of fused-ring (bicyclic) bond motifs is 1. The quantitative estimate of drug-likeness (QED) is 0.647. The molecule has 2 aromatic carbocycles. The van der Waals surface area contributed by atoms with Gasteiger partial charge in [0.25, 0.3) is 5.91 Å². The minimum Gasteiger partial charge on any atom is -0.382 e. The van der Waals surface area contributed by atoms with Gasteiger partial charge in [-0.2, -0.15) is 0 Å². The molecular formula is C20H23FN4O2. The lowest BCUT2D eigenvalue weighted by Gasteiger charge is -2.17. The summed E-state index contributed by atoms with van der Waals surface area (Å²) in [4.78, 5) is 18.5. The van der Waals surface area contributed by atoms with E-state index in [1.54, 1.807) is 7.05 Å². The van der Waals surface area contributed by atoms with Crippen LogP contribution < -0.4 is 10.6 Å². The van der Waals surface area contributed by atoms with Crippen LogP contribution in [0.2, 0.25) is 0 Å². The summed E-state index contributed by atoms with van der Waals surface area (Å²) in [5.74, 6) is -0.161. The fourth-order valence-corrected chi connectivity index (χ4v) is 2.95. The zero-order valence-corrected chi connectivity index (χ0v) is 15.5. The lowest BCUT2D eigenvalue weighted by Crippen LogP contribution is -2.26. The number of carbonyl (C=O) groups excluding carboxylic acids is 1. The summed E-state index contributed by atoms with van der Waals surface area (Å²) in [7, 11) is 1.68. The molecule has 2 N–H and O–H groups in total. The second-order valence-corrected chi connectivity index (χ2v) is 6.22. The second-order valence-electron chi connectivity index (χ2n) is 6.22. The molecule has 0 spiro atoms. The molecule has 0 bridgehead atoms. The van der Waals surface area contributed by atoms with Crippen LogP contribution in [0.15, 0.2) is 42.5 Å². The Kier molecular flexibility index (Phi) is 5.71. The lowest BCUT2D eigenvalue weighted by molar-refractivity contribution is 0.0993. The van der Waals surface area contributed by atoms with E-state index in [4.69, 9.17) is 10.5 Å². The van der Waals surface area contributed by atoms with Crippen LogP contribution in [0.5, 0.6) is 0 Å². The summed E-state index contributed by atoms with van der Waals surface area (Å²) in [5.41, 5.74) is 8.80. The molecule has 0 fully saturated rings. The van der Waals surface area contributed by atoms with Gasteiger partial charge in [0.15, 0.2) is 0 Å². The van der Waals surface area contributed by atoms with Gasteiger partial charge in [0.2, 0.25) is 5.95 Å². The molecule has 27 heavy (non-hydrogen) atoms. The van der Waals surface area contributed by atoms with Crippen molar-refractivity contribution >= 4 is 28.6 Å². The number of halogens is 1. The molecule has 0 aliphatic rings. The van der Waals surface area contributed by atoms with Crippen LogP contribution in [0.3, 0.4) is 0 Å². The van der Waals surface area contributed by atoms with Gasteiger partial charge in [0, 0.05) is 38.1 Å². The smallest absolute Gasteiger partial charge is 0.258 e. The molecule has 1 aromatic heterocycles. The van der Waals surface area contributed by atoms with E-state index in [2.05, 4.69) is 4.98 Å². The van der Waals surface area contributed by atoms with Crippen LogP contribution in [0.4, 0.5) is 16.0 Å². The highest BCUT2D eigenvalue weighted by Gasteiger charge is 2.16. The number of hydrogen-bond acceptors (Lipinski definition) is 4. The number of anilines is 2. The van der Waals surface area contributed by atoms with Crippen LogP contribution in [0.1, 0.15) is 23.7 Å². The Morgan fingerprint density at radius 2 is 2.00 bits per heavy atom. The molecule has 0 radical (unpaired) electrons. The molecule has 3 aromatic rings. The van der Waals surface area contributed by atoms with E-state index in [-0.39, 0.29) is 11.7 Å². The lowest BCUT2D eigenvalue weighted by atomic mass is 10.2. The standard InChI is InChI=1S/C20H23FN4O2/c1-3-27-12-4-11-25-18-10-9-16(13-17(18)23-20(25)22)24(2)19(26)14-5-7-15(21)8-6-14/h5-10,13H,3-4,11-12H2,1-2H3,(H2,22,23). The van der Waals surface area contributed by atoms with E-state index in [1.165, 1.54) is 29.2 Å². The number of nitrogens with zero attached hydrogens (tertiary/aromatic N) is 3. The first-order valence-electron chi connectivity index (χ1n) is 8.88. The number of imidazole rings is 1. The number of ether oxygens (including phenoxy) is 1. The maximum Gasteiger partial charge on any atom is 0.258 e. The molecule has 0 saturated carbocycles. The molecule has 0 atom stereocenters. The number of nitrogen functional groups attached to an aromatic ring is 1. The Labute approximate surface area is 157 Å². The van der Waals surface area contributed by atoms with Crippen LogP contribution in [-0.4, -0.2) is 35.7 Å². The summed E-state index contributed by atoms with van der Waals surface area (Å²) in [6, 6.07) is 11.1. The van der Waals surface area contributed by atoms with Crippen LogP contribution in [-0.2, 0) is 11.3 Å². The molecule has 6 nitrogen and oxygen atoms in total. The van der Waals surface area contributed by atoms with Gasteiger partial charge in [-0.3, -0.25) is 4.79 Å². The van der Waals surface area contributed by atoms with Gasteiger partial charge in [-0.1, -0.05) is 0 Å². The van der Waals surface area contributed by atoms with E-state index >= 15 is 0 Å². The number of aromatic nitrogens is 2. The Morgan fingerprint density at radius 1 is 1.26 bits per heavy atom. The fraction of sp³-hybridized carbons (Fsp3) is 0.300. The van der Waals surface area contributed by atoms with Crippen molar-refractivity contribution in [3.05, 3.63) is 53.8 Å². The van der Waals surface area contributed by atoms with Crippen molar-refractivity contribution in [2.75, 3.05) is 30.9 Å². The zero-order valence-electron chi connectivity index (χ0n) is 15.5. The summed E-state index contributed by atoms with van der Waals surface area (Å²) >= 11 is 0. The monoisotopic (exact) mass is 370 g/mol. The third kappa shape index (κ3) is 4.09. The van der Waals surface area contributed by atoms with Crippen molar-refractivity contribution in [3.63, 3.8) is 0 Å². The van der Waals surface area contributed by atoms with Gasteiger partial charge in [0.05, 0.1) is 11.0 Å². The van der Waals surface area contributed by atoms with Gasteiger partial charge < -0.3 is 19.9 Å². The molecule has 1 amide bonds. The van der Waals surface area contributed by atoms with Gasteiger partial charge in [-0.05, 0) is 55.8 Å². The van der Waals surface area contributed by atoms with Gasteiger partial charge in [0.1, 0.15) is 5.82 Å². The highest BCUT2D eigenvalue weighted by Crippen LogP contribution is 2.25. The van der Waals surface area contributed by atoms with Crippen LogP contribution in [0.25, 0.3) is 11.0 Å². The van der Waals surface area contributed by atoms with Crippen molar-refractivity contribution in [1.82, 2.24) is 9.55 Å². The average molecular weight is 370 g/mol. The number of nitrogens with two attached hydrogens (primary N) is 1. The summed E-state index contributed by atoms with van der Waals surface area (Å²) in [6.07, 6.45) is 0.841. The highest BCUT2D eigenvalue weighted by molar-refractivity contribution is 6.06. The first-order chi connectivity index (χ1) is 13.0. The predicted molar refractivity (Wildman–Crippen MR) is 104 cm³/mol. The van der Waals surface area contributed by atoms with Crippen LogP contribution in [0, 0.1) is 5.82 Å². The van der Waals surface area contributed by atoms with Crippen molar-refractivity contribution < 1.29 is 13.9 Å². The topological polar surface area (TPSA) is 73.4 Å². The number of carbonyl (C=O) groups is 1. The Hall–Kier alpha value is -2.93. The zero-order chi connectivity index (χ0) is 19.4. The molecule has 1 heterocycles. The second kappa shape index (κ2) is 8.18. The first kappa shape index (κ1) is 18.8. The van der Waals surface area contributed by atoms with E-state index < -0.39 is 0 Å². The summed E-state index contributed by atoms with van der Waals surface area (Å²) in [5, 5.41) is 0. The van der Waals surface area contributed by atoms with Gasteiger partial charge in [-0.15, -0.1) is 0 Å².